The fourth-order valence-electron chi connectivity index (χ4n) is 4.71. The van der Waals surface area contributed by atoms with E-state index in [9.17, 15) is 4.79 Å². The molecule has 0 amide bonds. The largest absolute Gasteiger partial charge is 0.321 e. The van der Waals surface area contributed by atoms with Crippen LogP contribution in [0.25, 0.3) is 10.9 Å². The molecule has 0 radical (unpaired) electrons. The van der Waals surface area contributed by atoms with Crippen LogP contribution in [0.15, 0.2) is 76.9 Å². The summed E-state index contributed by atoms with van der Waals surface area (Å²) >= 11 is 1.71. The lowest BCUT2D eigenvalue weighted by Gasteiger charge is -2.33. The maximum atomic E-state index is 13.8. The Balaban J connectivity index is 1.74. The first-order valence-electron chi connectivity index (χ1n) is 12.6. The monoisotopic (exact) mass is 512 g/mol. The Morgan fingerprint density at radius 2 is 1.86 bits per heavy atom. The number of aryl methyl sites for hydroxylation is 1. The maximum Gasteiger partial charge on any atom is 0.253 e. The molecule has 0 unspecified atom stereocenters. The Morgan fingerprint density at radius 1 is 1.05 bits per heavy atom. The molecule has 37 heavy (non-hydrogen) atoms. The lowest BCUT2D eigenvalue weighted by atomic mass is 9.98. The van der Waals surface area contributed by atoms with Gasteiger partial charge in [0.15, 0.2) is 5.82 Å². The van der Waals surface area contributed by atoms with Crippen LogP contribution < -0.4 is 5.56 Å². The summed E-state index contributed by atoms with van der Waals surface area (Å²) in [6.45, 7) is 9.67. The number of nitrogens with one attached hydrogen (secondary N) is 1. The molecule has 0 aliphatic heterocycles. The van der Waals surface area contributed by atoms with Crippen molar-refractivity contribution < 1.29 is 0 Å². The van der Waals surface area contributed by atoms with Crippen molar-refractivity contribution in [3.8, 4) is 0 Å². The minimum Gasteiger partial charge on any atom is -0.321 e. The molecule has 0 spiro atoms. The van der Waals surface area contributed by atoms with Gasteiger partial charge in [-0.15, -0.1) is 16.4 Å². The quantitative estimate of drug-likeness (QED) is 0.269. The van der Waals surface area contributed by atoms with E-state index in [-0.39, 0.29) is 11.1 Å². The first-order chi connectivity index (χ1) is 17.9. The van der Waals surface area contributed by atoms with E-state index in [4.69, 9.17) is 0 Å². The second-order valence-electron chi connectivity index (χ2n) is 10.1. The highest BCUT2D eigenvalue weighted by Gasteiger charge is 2.34. The molecule has 7 nitrogen and oxygen atoms in total. The summed E-state index contributed by atoms with van der Waals surface area (Å²) in [5.74, 6) is 0.664. The van der Waals surface area contributed by atoms with E-state index in [2.05, 4.69) is 75.8 Å². The molecule has 190 valence electrons. The minimum absolute atomic E-state index is 0.125. The van der Waals surface area contributed by atoms with Gasteiger partial charge >= 0.3 is 0 Å². The summed E-state index contributed by atoms with van der Waals surface area (Å²) in [6, 6.07) is 22.2. The number of rotatable bonds is 9. The van der Waals surface area contributed by atoms with Gasteiger partial charge in [0.2, 0.25) is 0 Å². The van der Waals surface area contributed by atoms with Crippen molar-refractivity contribution in [1.29, 1.82) is 0 Å². The first kappa shape index (κ1) is 25.0. The van der Waals surface area contributed by atoms with Gasteiger partial charge in [-0.05, 0) is 71.6 Å². The number of hydrogen-bond donors (Lipinski definition) is 1. The summed E-state index contributed by atoms with van der Waals surface area (Å²) < 4.78 is 1.89. The molecule has 0 saturated heterocycles. The van der Waals surface area contributed by atoms with E-state index in [0.29, 0.717) is 24.5 Å². The van der Waals surface area contributed by atoms with Crippen LogP contribution >= 0.6 is 11.3 Å². The van der Waals surface area contributed by atoms with Gasteiger partial charge in [-0.2, -0.15) is 0 Å². The van der Waals surface area contributed by atoms with Gasteiger partial charge in [0.05, 0.1) is 11.1 Å². The Morgan fingerprint density at radius 3 is 2.59 bits per heavy atom. The highest BCUT2D eigenvalue weighted by atomic mass is 32.1. The van der Waals surface area contributed by atoms with Gasteiger partial charge in [0.1, 0.15) is 6.04 Å². The zero-order valence-corrected chi connectivity index (χ0v) is 22.5. The van der Waals surface area contributed by atoms with Crippen LogP contribution in [0.2, 0.25) is 0 Å². The van der Waals surface area contributed by atoms with E-state index in [1.807, 2.05) is 54.1 Å². The Kier molecular flexibility index (Phi) is 7.04. The molecule has 3 aromatic heterocycles. The number of H-pyrrole nitrogens is 1. The van der Waals surface area contributed by atoms with E-state index >= 15 is 0 Å². The molecule has 0 fully saturated rings. The minimum atomic E-state index is -0.461. The van der Waals surface area contributed by atoms with Crippen molar-refractivity contribution in [2.24, 2.45) is 0 Å². The van der Waals surface area contributed by atoms with Gasteiger partial charge in [0, 0.05) is 23.5 Å². The topological polar surface area (TPSA) is 79.7 Å². The highest BCUT2D eigenvalue weighted by Crippen LogP contribution is 2.33. The van der Waals surface area contributed by atoms with Crippen molar-refractivity contribution in [1.82, 2.24) is 30.1 Å². The number of para-hydroxylation sites is 1. The second kappa shape index (κ2) is 10.4. The molecule has 1 atom stereocenters. The van der Waals surface area contributed by atoms with Crippen LogP contribution in [-0.4, -0.2) is 30.1 Å². The zero-order valence-electron chi connectivity index (χ0n) is 21.7. The van der Waals surface area contributed by atoms with E-state index < -0.39 is 6.04 Å². The lowest BCUT2D eigenvalue weighted by molar-refractivity contribution is 0.182. The summed E-state index contributed by atoms with van der Waals surface area (Å²) in [5.41, 5.74) is 3.24. The lowest BCUT2D eigenvalue weighted by Crippen LogP contribution is -2.37. The molecular weight excluding hydrogens is 480 g/mol. The predicted octanol–water partition coefficient (Wildman–Crippen LogP) is 5.82. The van der Waals surface area contributed by atoms with Crippen LogP contribution in [0.5, 0.6) is 0 Å². The number of tetrazole rings is 1. The van der Waals surface area contributed by atoms with Crippen molar-refractivity contribution in [3.63, 3.8) is 0 Å². The average Bonchev–Trinajstić information content (AvgIpc) is 3.59. The van der Waals surface area contributed by atoms with Gasteiger partial charge in [-0.1, -0.05) is 61.5 Å². The number of nitrogens with zero attached hydrogens (tertiary/aromatic N) is 5. The smallest absolute Gasteiger partial charge is 0.253 e. The van der Waals surface area contributed by atoms with Gasteiger partial charge in [0.25, 0.3) is 5.56 Å². The van der Waals surface area contributed by atoms with Crippen LogP contribution in [0.1, 0.15) is 60.6 Å². The molecule has 3 heterocycles. The molecule has 5 rings (SSSR count). The molecule has 8 heteroatoms. The standard InChI is InChI=1S/C29H32N6OS/c1-5-29(3,4)35-27(31-32-33-35)26(24-17-22-14-9-11-20(2)25(22)30-28(24)36)34(19-23-15-10-16-37-23)18-21-12-7-6-8-13-21/h6-17,26H,5,18-19H2,1-4H3,(H,30,36)/t26-/m0/s1. The number of aromatic amines is 1. The molecule has 0 saturated carbocycles. The molecule has 2 aromatic carbocycles. The van der Waals surface area contributed by atoms with Crippen LogP contribution in [0.4, 0.5) is 0 Å². The van der Waals surface area contributed by atoms with E-state index in [1.165, 1.54) is 4.88 Å². The van der Waals surface area contributed by atoms with Crippen molar-refractivity contribution in [2.75, 3.05) is 0 Å². The summed E-state index contributed by atoms with van der Waals surface area (Å²) in [7, 11) is 0. The highest BCUT2D eigenvalue weighted by molar-refractivity contribution is 7.09. The number of fused-ring (bicyclic) bond motifs is 1. The number of aromatic nitrogens is 5. The summed E-state index contributed by atoms with van der Waals surface area (Å²) in [5, 5.41) is 16.1. The Hall–Kier alpha value is -3.62. The third-order valence-corrected chi connectivity index (χ3v) is 7.98. The third kappa shape index (κ3) is 5.12. The van der Waals surface area contributed by atoms with Crippen LogP contribution in [0, 0.1) is 6.92 Å². The van der Waals surface area contributed by atoms with Crippen molar-refractivity contribution in [3.05, 3.63) is 110 Å². The molecule has 0 bridgehead atoms. The average molecular weight is 513 g/mol. The van der Waals surface area contributed by atoms with E-state index in [1.54, 1.807) is 11.3 Å². The molecule has 5 aromatic rings. The van der Waals surface area contributed by atoms with Crippen LogP contribution in [0.3, 0.4) is 0 Å². The van der Waals surface area contributed by atoms with E-state index in [0.717, 1.165) is 28.5 Å². The van der Waals surface area contributed by atoms with Gasteiger partial charge in [-0.3, -0.25) is 9.69 Å². The SMILES string of the molecule is CCC(C)(C)n1nnnc1[C@H](c1cc2cccc(C)c2[nH]c1=O)N(Cc1ccccc1)Cc1cccs1. The van der Waals surface area contributed by atoms with Crippen molar-refractivity contribution in [2.45, 2.75) is 58.8 Å². The molecular formula is C29H32N6OS. The Bertz CT molecular complexity index is 1540. The number of hydrogen-bond acceptors (Lipinski definition) is 6. The maximum absolute atomic E-state index is 13.8. The number of thiophene rings is 1. The molecule has 0 aliphatic rings. The normalized spacial score (nSPS) is 12.9. The Labute approximate surface area is 220 Å². The first-order valence-corrected chi connectivity index (χ1v) is 13.5. The fourth-order valence-corrected chi connectivity index (χ4v) is 5.44. The van der Waals surface area contributed by atoms with Crippen molar-refractivity contribution >= 4 is 22.2 Å². The van der Waals surface area contributed by atoms with Gasteiger partial charge < -0.3 is 4.98 Å². The predicted molar refractivity (Wildman–Crippen MR) is 149 cm³/mol. The number of benzene rings is 2. The number of pyridine rings is 1. The molecule has 1 N–H and O–H groups in total. The van der Waals surface area contributed by atoms with Gasteiger partial charge in [-0.25, -0.2) is 4.68 Å². The molecule has 0 aliphatic carbocycles. The fraction of sp³-hybridized carbons (Fsp3) is 0.310. The summed E-state index contributed by atoms with van der Waals surface area (Å²) in [6.07, 6.45) is 0.842. The van der Waals surface area contributed by atoms with Crippen LogP contribution in [-0.2, 0) is 18.6 Å². The second-order valence-corrected chi connectivity index (χ2v) is 11.1. The third-order valence-electron chi connectivity index (χ3n) is 7.12. The zero-order chi connectivity index (χ0) is 26.0. The summed E-state index contributed by atoms with van der Waals surface area (Å²) in [4.78, 5) is 20.4.